The van der Waals surface area contributed by atoms with Crippen molar-refractivity contribution < 1.29 is 13.9 Å². The average Bonchev–Trinajstić information content (AvgIpc) is 3.58. The standard InChI is InChI=1S/C26H26FN7O2.ClH/c1-17(2)34-16-28-32-25(34)21-7-5-8-22(29-21)30-26(35)19-15-18(11-12-20(19)27)36-24-10-6-9-23(31-24)33-13-3-4-14-33;/h5-12,15-17H,3-4,13-14H2,1-2H3,(H,29,30,35);1H. The normalized spacial score (nSPS) is 12.9. The number of hydrogen-bond donors (Lipinski definition) is 1. The summed E-state index contributed by atoms with van der Waals surface area (Å²) in [7, 11) is 0. The topological polar surface area (TPSA) is 98.1 Å². The van der Waals surface area contributed by atoms with Crippen molar-refractivity contribution in [3.63, 3.8) is 0 Å². The Labute approximate surface area is 220 Å². The molecule has 0 unspecified atom stereocenters. The minimum atomic E-state index is -0.672. The molecule has 1 aromatic carbocycles. The van der Waals surface area contributed by atoms with Crippen molar-refractivity contribution >= 4 is 29.9 Å². The number of benzene rings is 1. The SMILES string of the molecule is CC(C)n1cnnc1-c1cccc(NC(=O)c2cc(Oc3cccc(N4CCCC4)n3)ccc2F)n1.Cl. The van der Waals surface area contributed by atoms with E-state index in [-0.39, 0.29) is 29.8 Å². The van der Waals surface area contributed by atoms with E-state index in [0.29, 0.717) is 23.1 Å². The van der Waals surface area contributed by atoms with E-state index in [4.69, 9.17) is 4.74 Å². The molecule has 37 heavy (non-hydrogen) atoms. The Hall–Kier alpha value is -4.05. The monoisotopic (exact) mass is 523 g/mol. The van der Waals surface area contributed by atoms with E-state index in [1.54, 1.807) is 30.6 Å². The first-order valence-electron chi connectivity index (χ1n) is 11.9. The number of amides is 1. The van der Waals surface area contributed by atoms with Crippen LogP contribution in [0, 0.1) is 5.82 Å². The molecule has 11 heteroatoms. The molecule has 1 fully saturated rings. The summed E-state index contributed by atoms with van der Waals surface area (Å²) in [6.45, 7) is 5.94. The number of nitrogens with zero attached hydrogens (tertiary/aromatic N) is 6. The highest BCUT2D eigenvalue weighted by Crippen LogP contribution is 2.26. The summed E-state index contributed by atoms with van der Waals surface area (Å²) in [5, 5.41) is 10.8. The molecule has 1 amide bonds. The summed E-state index contributed by atoms with van der Waals surface area (Å²) >= 11 is 0. The van der Waals surface area contributed by atoms with Crippen molar-refractivity contribution in [2.45, 2.75) is 32.7 Å². The van der Waals surface area contributed by atoms with Crippen LogP contribution in [-0.4, -0.2) is 43.7 Å². The number of rotatable bonds is 7. The molecular formula is C26H27ClFN7O2. The number of aromatic nitrogens is 5. The molecule has 0 saturated carbocycles. The first-order valence-corrected chi connectivity index (χ1v) is 11.9. The fraction of sp³-hybridized carbons (Fsp3) is 0.269. The molecule has 0 aliphatic carbocycles. The molecule has 1 aliphatic heterocycles. The minimum absolute atomic E-state index is 0. The van der Waals surface area contributed by atoms with Crippen molar-refractivity contribution in [1.29, 1.82) is 0 Å². The van der Waals surface area contributed by atoms with Crippen LogP contribution < -0.4 is 15.0 Å². The van der Waals surface area contributed by atoms with Crippen LogP contribution in [0.25, 0.3) is 11.5 Å². The maximum Gasteiger partial charge on any atom is 0.259 e. The zero-order chi connectivity index (χ0) is 25.1. The first kappa shape index (κ1) is 26.0. The van der Waals surface area contributed by atoms with Gasteiger partial charge in [-0.1, -0.05) is 12.1 Å². The van der Waals surface area contributed by atoms with Crippen molar-refractivity contribution in [3.05, 3.63) is 72.3 Å². The second-order valence-electron chi connectivity index (χ2n) is 8.79. The zero-order valence-electron chi connectivity index (χ0n) is 20.5. The number of pyridine rings is 2. The van der Waals surface area contributed by atoms with Gasteiger partial charge < -0.3 is 19.5 Å². The molecule has 0 bridgehead atoms. The molecule has 0 spiro atoms. The van der Waals surface area contributed by atoms with E-state index in [1.165, 1.54) is 18.2 Å². The fourth-order valence-corrected chi connectivity index (χ4v) is 4.06. The van der Waals surface area contributed by atoms with Crippen LogP contribution >= 0.6 is 12.4 Å². The number of nitrogens with one attached hydrogen (secondary N) is 1. The quantitative estimate of drug-likeness (QED) is 0.340. The van der Waals surface area contributed by atoms with Gasteiger partial charge in [0, 0.05) is 25.2 Å². The highest BCUT2D eigenvalue weighted by molar-refractivity contribution is 6.04. The van der Waals surface area contributed by atoms with Gasteiger partial charge in [0.2, 0.25) is 5.88 Å². The Morgan fingerprint density at radius 2 is 1.84 bits per heavy atom. The summed E-state index contributed by atoms with van der Waals surface area (Å²) in [6, 6.07) is 14.8. The Kier molecular flexibility index (Phi) is 7.98. The third kappa shape index (κ3) is 5.86. The fourth-order valence-electron chi connectivity index (χ4n) is 4.06. The number of carbonyl (C=O) groups excluding carboxylic acids is 1. The van der Waals surface area contributed by atoms with Gasteiger partial charge in [0.15, 0.2) is 5.82 Å². The van der Waals surface area contributed by atoms with Gasteiger partial charge in [0.05, 0.1) is 5.56 Å². The Balaban J connectivity index is 0.00000320. The molecule has 0 radical (unpaired) electrons. The smallest absolute Gasteiger partial charge is 0.259 e. The molecule has 4 aromatic rings. The van der Waals surface area contributed by atoms with Crippen molar-refractivity contribution in [3.8, 4) is 23.1 Å². The van der Waals surface area contributed by atoms with Crippen molar-refractivity contribution in [1.82, 2.24) is 24.7 Å². The van der Waals surface area contributed by atoms with Gasteiger partial charge in [-0.15, -0.1) is 22.6 Å². The maximum absolute atomic E-state index is 14.6. The summed E-state index contributed by atoms with van der Waals surface area (Å²) in [5.41, 5.74) is 0.376. The molecule has 1 aliphatic rings. The predicted octanol–water partition coefficient (Wildman–Crippen LogP) is 5.52. The summed E-state index contributed by atoms with van der Waals surface area (Å²) in [6.07, 6.45) is 3.90. The number of halogens is 2. The maximum atomic E-state index is 14.6. The van der Waals surface area contributed by atoms with E-state index < -0.39 is 11.7 Å². The lowest BCUT2D eigenvalue weighted by atomic mass is 10.2. The molecule has 9 nitrogen and oxygen atoms in total. The summed E-state index contributed by atoms with van der Waals surface area (Å²) in [4.78, 5) is 24.2. The largest absolute Gasteiger partial charge is 0.439 e. The van der Waals surface area contributed by atoms with Crippen molar-refractivity contribution in [2.75, 3.05) is 23.3 Å². The number of hydrogen-bond acceptors (Lipinski definition) is 7. The molecule has 192 valence electrons. The number of anilines is 2. The number of ether oxygens (including phenoxy) is 1. The predicted molar refractivity (Wildman–Crippen MR) is 141 cm³/mol. The Morgan fingerprint density at radius 1 is 1.05 bits per heavy atom. The van der Waals surface area contributed by atoms with Crippen LogP contribution in [0.15, 0.2) is 60.9 Å². The van der Waals surface area contributed by atoms with Gasteiger partial charge >= 0.3 is 0 Å². The van der Waals surface area contributed by atoms with Crippen LogP contribution in [0.2, 0.25) is 0 Å². The van der Waals surface area contributed by atoms with E-state index in [0.717, 1.165) is 31.7 Å². The first-order chi connectivity index (χ1) is 17.5. The van der Waals surface area contributed by atoms with E-state index in [2.05, 4.69) is 30.4 Å². The zero-order valence-corrected chi connectivity index (χ0v) is 21.3. The Morgan fingerprint density at radius 3 is 2.62 bits per heavy atom. The van der Waals surface area contributed by atoms with Crippen LogP contribution in [0.4, 0.5) is 16.0 Å². The van der Waals surface area contributed by atoms with Gasteiger partial charge in [-0.3, -0.25) is 4.79 Å². The van der Waals surface area contributed by atoms with Crippen LogP contribution in [0.3, 0.4) is 0 Å². The van der Waals surface area contributed by atoms with Gasteiger partial charge in [0.25, 0.3) is 5.91 Å². The molecule has 3 aromatic heterocycles. The molecule has 4 heterocycles. The lowest BCUT2D eigenvalue weighted by molar-refractivity contribution is 0.102. The summed E-state index contributed by atoms with van der Waals surface area (Å²) < 4.78 is 22.3. The van der Waals surface area contributed by atoms with E-state index in [1.807, 2.05) is 30.5 Å². The van der Waals surface area contributed by atoms with Gasteiger partial charge in [-0.05, 0) is 63.1 Å². The van der Waals surface area contributed by atoms with Crippen LogP contribution in [0.1, 0.15) is 43.1 Å². The van der Waals surface area contributed by atoms with Crippen LogP contribution in [0.5, 0.6) is 11.6 Å². The third-order valence-electron chi connectivity index (χ3n) is 5.89. The van der Waals surface area contributed by atoms with E-state index in [9.17, 15) is 9.18 Å². The molecule has 1 N–H and O–H groups in total. The Bertz CT molecular complexity index is 1390. The van der Waals surface area contributed by atoms with Crippen molar-refractivity contribution in [2.24, 2.45) is 0 Å². The molecule has 1 saturated heterocycles. The van der Waals surface area contributed by atoms with E-state index >= 15 is 0 Å². The lowest BCUT2D eigenvalue weighted by Gasteiger charge is -2.17. The average molecular weight is 524 g/mol. The highest BCUT2D eigenvalue weighted by Gasteiger charge is 2.18. The molecule has 0 atom stereocenters. The molecule has 5 rings (SSSR count). The van der Waals surface area contributed by atoms with Gasteiger partial charge in [0.1, 0.15) is 35.2 Å². The highest BCUT2D eigenvalue weighted by atomic mass is 35.5. The molecular weight excluding hydrogens is 497 g/mol. The van der Waals surface area contributed by atoms with Gasteiger partial charge in [-0.25, -0.2) is 9.37 Å². The summed E-state index contributed by atoms with van der Waals surface area (Å²) in [5.74, 6) is 1.04. The minimum Gasteiger partial charge on any atom is -0.439 e. The lowest BCUT2D eigenvalue weighted by Crippen LogP contribution is -2.18. The second kappa shape index (κ2) is 11.3. The van der Waals surface area contributed by atoms with Gasteiger partial charge in [-0.2, -0.15) is 4.98 Å². The second-order valence-corrected chi connectivity index (χ2v) is 8.79. The van der Waals surface area contributed by atoms with Crippen LogP contribution in [-0.2, 0) is 0 Å². The third-order valence-corrected chi connectivity index (χ3v) is 5.89. The number of carbonyl (C=O) groups is 1.